The third-order valence-electron chi connectivity index (χ3n) is 24.8. The molecule has 9 rings (SSSR count). The molecule has 0 saturated carbocycles. The fourth-order valence-corrected chi connectivity index (χ4v) is 18.0. The number of aromatic hydroxyl groups is 1. The Bertz CT molecular complexity index is 5250. The van der Waals surface area contributed by atoms with Crippen molar-refractivity contribution in [2.24, 2.45) is 23.1 Å². The standard InChI is InChI=1S/C92H129N23O21S/c1-7-9-25-71-85(130)104-63(24-17-33-98-92(95)96)82(127)110-70(81(126)101-45-76(94)120)48-137-49-77(121)103-66(35-52-28-30-57(117)31-29-52)87(132)111(4)51(3)79(124)105-64(23-15-16-32-93)89(134)114-34-18-27-72(114)86(131)106-65(39-56-44-97-50-102-56)83(128)108-68(41-78(122)123)90(135)115-46-58(118)40-74(115)75(119)38-53(36-54-42-99-61-21-13-11-19-59(54)61)80(125)109-69(47-116)84(129)107-67(37-55-43-100-62-22-14-12-20-60(55)62)88(133)113(6)73(26-10-8-2)91(136)112(71)5/h11-14,19-22,28-31,42-44,50-51,53,58,63-74,99-100,116-118H,7-10,15-18,23-27,32-41,45-49,93H2,1-6H3,(H2,94,120)(H,97,102)(H,101,126)(H,103,121)(H,104,130)(H,105,124)(H,106,131)(H,107,129)(H,108,128)(H,109,125)(H,110,127)(H,122,123)(H4,95,96,98)/t51-,53+,58+,63-,64-,65-,66-,67-,68-,69-,70-,71-,72-,73-,74-/m0/s1. The Kier molecular flexibility index (Phi) is 40.6. The third-order valence-corrected chi connectivity index (χ3v) is 25.9. The number of nitrogens with zero attached hydrogens (tertiary/aromatic N) is 6. The summed E-state index contributed by atoms with van der Waals surface area (Å²) in [6, 6.07) is -0.775. The van der Waals surface area contributed by atoms with E-state index < -0.39 is 254 Å². The molecule has 24 N–H and O–H groups in total. The number of phenols is 1. The molecule has 15 atom stereocenters. The minimum Gasteiger partial charge on any atom is -0.508 e. The molecule has 3 fully saturated rings. The predicted molar refractivity (Wildman–Crippen MR) is 503 cm³/mol. The number of ketones is 1. The lowest BCUT2D eigenvalue weighted by Gasteiger charge is -2.36. The monoisotopic (exact) mass is 1920 g/mol. The average molecular weight is 1930 g/mol. The van der Waals surface area contributed by atoms with Crippen LogP contribution in [0.3, 0.4) is 0 Å². The maximum absolute atomic E-state index is 15.8. The number of hydrogen-bond donors (Lipinski definition) is 21. The highest BCUT2D eigenvalue weighted by Crippen LogP contribution is 2.30. The lowest BCUT2D eigenvalue weighted by atomic mass is 9.90. The lowest BCUT2D eigenvalue weighted by molar-refractivity contribution is -0.149. The number of unbranched alkanes of at least 4 members (excludes halogenated alkanes) is 3. The lowest BCUT2D eigenvalue weighted by Crippen LogP contribution is -2.61. The molecule has 44 nitrogen and oxygen atoms in total. The molecule has 3 aromatic carbocycles. The van der Waals surface area contributed by atoms with Crippen LogP contribution in [0.1, 0.15) is 146 Å². The van der Waals surface area contributed by atoms with Gasteiger partial charge in [-0.05, 0) is 119 Å². The second-order valence-electron chi connectivity index (χ2n) is 34.9. The van der Waals surface area contributed by atoms with Gasteiger partial charge in [-0.3, -0.25) is 86.9 Å². The van der Waals surface area contributed by atoms with Crippen LogP contribution in [-0.2, 0) is 107 Å². The molecule has 3 aromatic heterocycles. The summed E-state index contributed by atoms with van der Waals surface area (Å²) in [6.07, 6.45) is 3.09. The van der Waals surface area contributed by atoms with Crippen LogP contribution in [0.5, 0.6) is 5.75 Å². The van der Waals surface area contributed by atoms with E-state index >= 15 is 38.4 Å². The number of carbonyl (C=O) groups is 17. The molecule has 45 heteroatoms. The van der Waals surface area contributed by atoms with Crippen molar-refractivity contribution in [2.45, 2.75) is 234 Å². The van der Waals surface area contributed by atoms with Gasteiger partial charge in [-0.25, -0.2) is 4.98 Å². The van der Waals surface area contributed by atoms with Crippen LogP contribution < -0.4 is 70.4 Å². The Balaban J connectivity index is 1.10. The van der Waals surface area contributed by atoms with Crippen molar-refractivity contribution in [3.05, 3.63) is 120 Å². The van der Waals surface area contributed by atoms with Gasteiger partial charge in [0.05, 0.1) is 49.5 Å². The van der Waals surface area contributed by atoms with Gasteiger partial charge in [-0.15, -0.1) is 11.8 Å². The topological polar surface area (TPSA) is 670 Å². The van der Waals surface area contributed by atoms with Gasteiger partial charge >= 0.3 is 5.97 Å². The number of likely N-dealkylation sites (N-methyl/N-ethyl adjacent to an activating group) is 3. The number of phenolic OH excluding ortho intramolecular Hbond substituents is 1. The predicted octanol–water partition coefficient (Wildman–Crippen LogP) is -2.16. The first-order valence-electron chi connectivity index (χ1n) is 46.1. The van der Waals surface area contributed by atoms with Crippen LogP contribution in [0, 0.1) is 11.3 Å². The molecule has 6 aromatic rings. The van der Waals surface area contributed by atoms with Gasteiger partial charge in [0.25, 0.3) is 0 Å². The number of carbonyl (C=O) groups excluding carboxylic acids is 16. The Morgan fingerprint density at radius 2 is 1.15 bits per heavy atom. The number of guanidine groups is 1. The summed E-state index contributed by atoms with van der Waals surface area (Å²) < 4.78 is 0. The Hall–Kier alpha value is -13.6. The minimum absolute atomic E-state index is 0.0103. The minimum atomic E-state index is -2.03. The van der Waals surface area contributed by atoms with E-state index in [4.69, 9.17) is 22.6 Å². The van der Waals surface area contributed by atoms with Crippen molar-refractivity contribution in [2.75, 3.05) is 72.0 Å². The van der Waals surface area contributed by atoms with Crippen molar-refractivity contribution >= 4 is 140 Å². The van der Waals surface area contributed by atoms with E-state index in [9.17, 15) is 63.6 Å². The van der Waals surface area contributed by atoms with Crippen molar-refractivity contribution in [1.29, 1.82) is 5.41 Å². The maximum atomic E-state index is 15.8. The molecule has 744 valence electrons. The molecule has 3 saturated heterocycles. The highest BCUT2D eigenvalue weighted by atomic mass is 32.2. The number of rotatable bonds is 28. The van der Waals surface area contributed by atoms with Gasteiger partial charge < -0.3 is 130 Å². The first kappa shape index (κ1) is 107. The van der Waals surface area contributed by atoms with Crippen LogP contribution in [0.15, 0.2) is 97.7 Å². The van der Waals surface area contributed by atoms with E-state index in [1.807, 2.05) is 13.8 Å². The number of imidazole rings is 1. The van der Waals surface area contributed by atoms with Crippen LogP contribution in [0.2, 0.25) is 0 Å². The van der Waals surface area contributed by atoms with Gasteiger partial charge in [0.2, 0.25) is 88.6 Å². The normalized spacial score (nSPS) is 24.6. The Morgan fingerprint density at radius 3 is 1.77 bits per heavy atom. The summed E-state index contributed by atoms with van der Waals surface area (Å²) in [6.45, 7) is 2.69. The molecule has 0 radical (unpaired) electrons. The largest absolute Gasteiger partial charge is 0.508 e. The van der Waals surface area contributed by atoms with E-state index in [2.05, 4.69) is 73.1 Å². The van der Waals surface area contributed by atoms with Crippen molar-refractivity contribution in [3.63, 3.8) is 0 Å². The van der Waals surface area contributed by atoms with E-state index in [0.717, 1.165) is 31.4 Å². The third kappa shape index (κ3) is 30.2. The highest BCUT2D eigenvalue weighted by molar-refractivity contribution is 8.00. The van der Waals surface area contributed by atoms with E-state index in [0.29, 0.717) is 70.6 Å². The molecule has 137 heavy (non-hydrogen) atoms. The highest BCUT2D eigenvalue weighted by Gasteiger charge is 2.47. The number of Topliss-reactive ketones (excluding diaryl/α,β-unsaturated/α-hetero) is 1. The van der Waals surface area contributed by atoms with Gasteiger partial charge in [0, 0.05) is 125 Å². The van der Waals surface area contributed by atoms with Crippen LogP contribution in [0.4, 0.5) is 0 Å². The number of fused-ring (bicyclic) bond motifs is 4. The van der Waals surface area contributed by atoms with Crippen molar-refractivity contribution in [3.8, 4) is 5.75 Å². The van der Waals surface area contributed by atoms with Crippen LogP contribution in [-0.4, -0.2) is 328 Å². The number of primary amides is 1. The van der Waals surface area contributed by atoms with E-state index in [-0.39, 0.29) is 102 Å². The molecular weight excluding hydrogens is 1800 g/mol. The molecule has 6 heterocycles. The van der Waals surface area contributed by atoms with Crippen molar-refractivity contribution in [1.82, 2.24) is 97.6 Å². The quantitative estimate of drug-likeness (QED) is 0.0141. The van der Waals surface area contributed by atoms with E-state index in [1.54, 1.807) is 60.9 Å². The Labute approximate surface area is 795 Å². The summed E-state index contributed by atoms with van der Waals surface area (Å²) >= 11 is 0.777. The number of aliphatic hydroxyl groups excluding tert-OH is 2. The Morgan fingerprint density at radius 1 is 0.569 bits per heavy atom. The average Bonchev–Trinajstić information content (AvgIpc) is 1.52. The second kappa shape index (κ2) is 51.9. The maximum Gasteiger partial charge on any atom is 0.305 e. The number of aromatic nitrogens is 4. The van der Waals surface area contributed by atoms with Crippen LogP contribution in [0.25, 0.3) is 21.8 Å². The molecular formula is C92H129N23O21S. The fourth-order valence-electron chi connectivity index (χ4n) is 17.1. The summed E-state index contributed by atoms with van der Waals surface area (Å²) in [5.74, 6) is -19.6. The van der Waals surface area contributed by atoms with Crippen LogP contribution >= 0.6 is 11.8 Å². The summed E-state index contributed by atoms with van der Waals surface area (Å²) in [5.41, 5.74) is 19.8. The second-order valence-corrected chi connectivity index (χ2v) is 35.9. The number of nitrogens with one attached hydrogen (secondary N) is 14. The number of H-pyrrole nitrogens is 3. The number of carboxylic acid groups (broad SMARTS) is 1. The van der Waals surface area contributed by atoms with Gasteiger partial charge in [0.15, 0.2) is 11.7 Å². The number of aromatic amines is 3. The zero-order valence-corrected chi connectivity index (χ0v) is 78.6. The van der Waals surface area contributed by atoms with Gasteiger partial charge in [-0.2, -0.15) is 0 Å². The van der Waals surface area contributed by atoms with Gasteiger partial charge in [-0.1, -0.05) is 88.1 Å². The number of hydrogen-bond acceptors (Lipinski definition) is 24. The number of aliphatic hydroxyl groups is 2. The number of benzene rings is 3. The van der Waals surface area contributed by atoms with Crippen molar-refractivity contribution < 1.29 is 102 Å². The first-order chi connectivity index (χ1) is 65.4. The molecule has 0 bridgehead atoms. The van der Waals surface area contributed by atoms with E-state index in [1.165, 1.54) is 69.8 Å². The molecule has 3 aliphatic rings. The smallest absolute Gasteiger partial charge is 0.305 e. The fraction of sp³-hybridized carbons (Fsp3) is 0.533. The summed E-state index contributed by atoms with van der Waals surface area (Å²) in [7, 11) is 3.94. The number of thioether (sulfide) groups is 1. The number of para-hydroxylation sites is 2. The number of carboxylic acids is 1. The molecule has 0 aliphatic carbocycles. The summed E-state index contributed by atoms with van der Waals surface area (Å²) in [4.78, 5) is 270. The van der Waals surface area contributed by atoms with Gasteiger partial charge in [0.1, 0.15) is 78.3 Å². The molecule has 15 amide bonds. The summed E-state index contributed by atoms with van der Waals surface area (Å²) in [5, 5.41) is 78.7. The molecule has 3 aliphatic heterocycles. The zero-order chi connectivity index (χ0) is 99.9. The number of amides is 15. The first-order valence-corrected chi connectivity index (χ1v) is 47.2. The molecule has 0 spiro atoms. The zero-order valence-electron chi connectivity index (χ0n) is 77.7. The number of aliphatic carboxylic acids is 1. The molecule has 0 unspecified atom stereocenters. The SMILES string of the molecule is CCCC[C@H]1C(=O)N(C)[C@@H](CCCC)C(=O)N[C@@H](CCCNC(=N)N)C(=O)N[C@H](C(=O)NCC(N)=O)CSCC(=O)N[C@@H](Cc2ccc(O)cc2)C(=O)N(C)[C@@H](C)C(=O)N[C@@H](CCCCN)C(=O)N2CCC[C@H]2C(=O)N[C@@H](Cc2c[nH]cn2)C(=O)N[C@@H](CC(=O)O)C(=O)N2C[C@H](O)C[C@H]2C(=O)C[C@@H](Cc2c[nH]c3ccccc23)C(=O)N[C@@H](CO)C(=O)N[C@@H](Cc2c[nH]c3ccccc23)C(=O)N1C. The number of nitrogens with two attached hydrogens (primary N) is 3.